The zero-order valence-corrected chi connectivity index (χ0v) is 22.2. The number of carbonyl (C=O) groups is 2. The number of halogens is 2. The number of nitrogens with zero attached hydrogens (tertiary/aromatic N) is 4. The summed E-state index contributed by atoms with van der Waals surface area (Å²) in [6.07, 6.45) is 9.87. The third-order valence-electron chi connectivity index (χ3n) is 8.01. The highest BCUT2D eigenvalue weighted by Crippen LogP contribution is 2.42. The standard InChI is InChI=1S/C26H34Cl2N4O2/c1-16-21(12-30-32(16)18-6-8-26(5,9-7-18)17(2)33)24(34)31-15-25(3,4)11-19(31)10-20-22(27)13-29-14-23(20)28/h12-14,18-19H,6-11,15H2,1-5H3/t18?,19-,26?/m0/s1. The lowest BCUT2D eigenvalue weighted by Gasteiger charge is -2.35. The van der Waals surface area contributed by atoms with Crippen LogP contribution in [0.15, 0.2) is 18.6 Å². The van der Waals surface area contributed by atoms with E-state index in [1.807, 2.05) is 16.5 Å². The number of likely N-dealkylation sites (tertiary alicyclic amines) is 1. The molecule has 8 heteroatoms. The van der Waals surface area contributed by atoms with Crippen LogP contribution in [0, 0.1) is 17.8 Å². The summed E-state index contributed by atoms with van der Waals surface area (Å²) in [5.74, 6) is 0.265. The van der Waals surface area contributed by atoms with Crippen LogP contribution in [0.4, 0.5) is 0 Å². The second-order valence-corrected chi connectivity index (χ2v) is 12.0. The Labute approximate surface area is 212 Å². The van der Waals surface area contributed by atoms with Gasteiger partial charge in [-0.3, -0.25) is 19.3 Å². The van der Waals surface area contributed by atoms with Crippen molar-refractivity contribution >= 4 is 34.9 Å². The summed E-state index contributed by atoms with van der Waals surface area (Å²) in [6.45, 7) is 10.8. The fourth-order valence-corrected chi connectivity index (χ4v) is 6.20. The van der Waals surface area contributed by atoms with Crippen molar-refractivity contribution in [1.29, 1.82) is 0 Å². The molecule has 0 unspecified atom stereocenters. The van der Waals surface area contributed by atoms with Crippen molar-refractivity contribution in [2.24, 2.45) is 10.8 Å². The van der Waals surface area contributed by atoms with Gasteiger partial charge < -0.3 is 4.90 Å². The first-order valence-corrected chi connectivity index (χ1v) is 12.8. The Hall–Kier alpha value is -1.92. The number of aromatic nitrogens is 3. The number of rotatable bonds is 5. The topological polar surface area (TPSA) is 68.1 Å². The molecule has 2 aromatic heterocycles. The Balaban J connectivity index is 1.55. The van der Waals surface area contributed by atoms with Gasteiger partial charge in [0.05, 0.1) is 27.8 Å². The Kier molecular flexibility index (Phi) is 6.87. The molecule has 1 saturated carbocycles. The molecular weight excluding hydrogens is 471 g/mol. The summed E-state index contributed by atoms with van der Waals surface area (Å²) in [5, 5.41) is 5.69. The zero-order chi connectivity index (χ0) is 24.8. The Bertz CT molecular complexity index is 1080. The molecule has 1 aliphatic carbocycles. The second-order valence-electron chi connectivity index (χ2n) is 11.2. The van der Waals surface area contributed by atoms with Gasteiger partial charge in [0.15, 0.2) is 0 Å². The fourth-order valence-electron chi connectivity index (χ4n) is 5.68. The number of hydrogen-bond donors (Lipinski definition) is 0. The van der Waals surface area contributed by atoms with E-state index >= 15 is 0 Å². The molecular formula is C26H34Cl2N4O2. The van der Waals surface area contributed by atoms with E-state index in [1.165, 1.54) is 0 Å². The molecule has 0 spiro atoms. The third kappa shape index (κ3) is 4.76. The van der Waals surface area contributed by atoms with Gasteiger partial charge in [0.1, 0.15) is 5.78 Å². The molecule has 34 heavy (non-hydrogen) atoms. The van der Waals surface area contributed by atoms with Crippen LogP contribution in [0.3, 0.4) is 0 Å². The molecule has 1 amide bonds. The van der Waals surface area contributed by atoms with Crippen molar-refractivity contribution in [2.45, 2.75) is 85.2 Å². The van der Waals surface area contributed by atoms with Gasteiger partial charge in [-0.05, 0) is 63.4 Å². The van der Waals surface area contributed by atoms with Crippen molar-refractivity contribution in [3.05, 3.63) is 45.5 Å². The smallest absolute Gasteiger partial charge is 0.257 e. The van der Waals surface area contributed by atoms with Gasteiger partial charge in [-0.2, -0.15) is 5.10 Å². The molecule has 0 radical (unpaired) electrons. The van der Waals surface area contributed by atoms with E-state index in [0.29, 0.717) is 28.6 Å². The summed E-state index contributed by atoms with van der Waals surface area (Å²) < 4.78 is 2.00. The van der Waals surface area contributed by atoms with Crippen LogP contribution in [0.1, 0.15) is 87.5 Å². The average Bonchev–Trinajstić information content (AvgIpc) is 3.29. The molecule has 2 fully saturated rings. The summed E-state index contributed by atoms with van der Waals surface area (Å²) in [6, 6.07) is 0.211. The van der Waals surface area contributed by atoms with Gasteiger partial charge in [-0.25, -0.2) is 0 Å². The van der Waals surface area contributed by atoms with Crippen molar-refractivity contribution < 1.29 is 9.59 Å². The molecule has 6 nitrogen and oxygen atoms in total. The van der Waals surface area contributed by atoms with Crippen LogP contribution < -0.4 is 0 Å². The normalized spacial score (nSPS) is 26.6. The monoisotopic (exact) mass is 504 g/mol. The van der Waals surface area contributed by atoms with Crippen LogP contribution in [-0.4, -0.2) is 43.9 Å². The fraction of sp³-hybridized carbons (Fsp3) is 0.615. The molecule has 0 bridgehead atoms. The van der Waals surface area contributed by atoms with Crippen molar-refractivity contribution in [3.8, 4) is 0 Å². The highest BCUT2D eigenvalue weighted by molar-refractivity contribution is 6.35. The van der Waals surface area contributed by atoms with Crippen LogP contribution in [0.5, 0.6) is 0 Å². The maximum Gasteiger partial charge on any atom is 0.257 e. The molecule has 184 valence electrons. The van der Waals surface area contributed by atoms with E-state index in [0.717, 1.165) is 43.4 Å². The summed E-state index contributed by atoms with van der Waals surface area (Å²) in [4.78, 5) is 31.8. The van der Waals surface area contributed by atoms with Crippen LogP contribution >= 0.6 is 23.2 Å². The van der Waals surface area contributed by atoms with Gasteiger partial charge in [0.25, 0.3) is 5.91 Å². The van der Waals surface area contributed by atoms with Crippen molar-refractivity contribution in [3.63, 3.8) is 0 Å². The third-order valence-corrected chi connectivity index (χ3v) is 8.66. The molecule has 2 aromatic rings. The number of ketones is 1. The van der Waals surface area contributed by atoms with E-state index < -0.39 is 0 Å². The highest BCUT2D eigenvalue weighted by atomic mass is 35.5. The number of Topliss-reactive ketones (excluding diaryl/α,β-unsaturated/α-hetero) is 1. The quantitative estimate of drug-likeness (QED) is 0.494. The van der Waals surface area contributed by atoms with Crippen LogP contribution in [0.2, 0.25) is 10.0 Å². The van der Waals surface area contributed by atoms with Gasteiger partial charge in [-0.15, -0.1) is 0 Å². The largest absolute Gasteiger partial charge is 0.335 e. The predicted octanol–water partition coefficient (Wildman–Crippen LogP) is 6.09. The lowest BCUT2D eigenvalue weighted by Crippen LogP contribution is -2.38. The van der Waals surface area contributed by atoms with Gasteiger partial charge in [0.2, 0.25) is 0 Å². The molecule has 4 rings (SSSR count). The first-order valence-electron chi connectivity index (χ1n) is 12.1. The molecule has 3 heterocycles. The molecule has 1 atom stereocenters. The summed E-state index contributed by atoms with van der Waals surface area (Å²) in [5.41, 5.74) is 2.14. The van der Waals surface area contributed by atoms with Gasteiger partial charge in [-0.1, -0.05) is 44.0 Å². The van der Waals surface area contributed by atoms with Crippen molar-refractivity contribution in [2.75, 3.05) is 6.54 Å². The second kappa shape index (κ2) is 9.27. The molecule has 0 N–H and O–H groups in total. The highest BCUT2D eigenvalue weighted by Gasteiger charge is 2.42. The molecule has 1 aliphatic heterocycles. The number of amides is 1. The SMILES string of the molecule is CC(=O)C1(C)CCC(n2ncc(C(=O)N3CC(C)(C)C[C@@H]3Cc3c(Cl)cncc3Cl)c2C)CC1. The number of pyridine rings is 1. The summed E-state index contributed by atoms with van der Waals surface area (Å²) >= 11 is 12.8. The van der Waals surface area contributed by atoms with Crippen LogP contribution in [-0.2, 0) is 11.2 Å². The van der Waals surface area contributed by atoms with Gasteiger partial charge in [0, 0.05) is 36.1 Å². The van der Waals surface area contributed by atoms with Crippen LogP contribution in [0.25, 0.3) is 0 Å². The van der Waals surface area contributed by atoms with Gasteiger partial charge >= 0.3 is 0 Å². The maximum atomic E-state index is 13.8. The van der Waals surface area contributed by atoms with E-state index in [4.69, 9.17) is 23.2 Å². The lowest BCUT2D eigenvalue weighted by atomic mass is 9.71. The van der Waals surface area contributed by atoms with E-state index in [1.54, 1.807) is 25.5 Å². The minimum atomic E-state index is -0.236. The zero-order valence-electron chi connectivity index (χ0n) is 20.7. The maximum absolute atomic E-state index is 13.8. The minimum Gasteiger partial charge on any atom is -0.335 e. The minimum absolute atomic E-state index is 0.00325. The Morgan fingerprint density at radius 3 is 2.29 bits per heavy atom. The average molecular weight is 505 g/mol. The summed E-state index contributed by atoms with van der Waals surface area (Å²) in [7, 11) is 0. The first kappa shape index (κ1) is 25.2. The Morgan fingerprint density at radius 1 is 1.09 bits per heavy atom. The molecule has 2 aliphatic rings. The first-order chi connectivity index (χ1) is 15.9. The predicted molar refractivity (Wildman–Crippen MR) is 134 cm³/mol. The number of hydrogen-bond acceptors (Lipinski definition) is 4. The van der Waals surface area contributed by atoms with Crippen molar-refractivity contribution in [1.82, 2.24) is 19.7 Å². The Morgan fingerprint density at radius 2 is 1.71 bits per heavy atom. The lowest BCUT2D eigenvalue weighted by molar-refractivity contribution is -0.127. The van der Waals surface area contributed by atoms with E-state index in [-0.39, 0.29) is 34.6 Å². The molecule has 0 aromatic carbocycles. The van der Waals surface area contributed by atoms with E-state index in [2.05, 4.69) is 30.9 Å². The van der Waals surface area contributed by atoms with E-state index in [9.17, 15) is 9.59 Å². The molecule has 1 saturated heterocycles. The number of carbonyl (C=O) groups excluding carboxylic acids is 2.